The van der Waals surface area contributed by atoms with Crippen molar-refractivity contribution in [3.05, 3.63) is 0 Å². The largest absolute Gasteiger partial charge is 0.329 e. The third-order valence-electron chi connectivity index (χ3n) is 4.80. The van der Waals surface area contributed by atoms with Crippen molar-refractivity contribution < 1.29 is 8.42 Å². The van der Waals surface area contributed by atoms with E-state index in [1.54, 1.807) is 0 Å². The van der Waals surface area contributed by atoms with Crippen molar-refractivity contribution in [1.82, 2.24) is 4.72 Å². The van der Waals surface area contributed by atoms with E-state index in [1.807, 2.05) is 0 Å². The summed E-state index contributed by atoms with van der Waals surface area (Å²) >= 11 is 0. The fraction of sp³-hybridized carbons (Fsp3) is 1.00. The molecule has 4 rings (SSSR count). The van der Waals surface area contributed by atoms with Crippen LogP contribution in [0.15, 0.2) is 0 Å². The molecule has 0 aromatic rings. The second kappa shape index (κ2) is 3.93. The summed E-state index contributed by atoms with van der Waals surface area (Å²) < 4.78 is 26.8. The first-order chi connectivity index (χ1) is 8.00. The zero-order valence-corrected chi connectivity index (χ0v) is 11.0. The maximum absolute atomic E-state index is 11.9. The highest BCUT2D eigenvalue weighted by atomic mass is 32.2. The summed E-state index contributed by atoms with van der Waals surface area (Å²) in [6.45, 7) is 0.210. The molecule has 4 fully saturated rings. The summed E-state index contributed by atoms with van der Waals surface area (Å²) in [5.41, 5.74) is 5.25. The van der Waals surface area contributed by atoms with Gasteiger partial charge in [0.1, 0.15) is 0 Å². The summed E-state index contributed by atoms with van der Waals surface area (Å²) in [5, 5.41) is 0. The summed E-state index contributed by atoms with van der Waals surface area (Å²) in [4.78, 5) is 0. The number of rotatable bonds is 4. The van der Waals surface area contributed by atoms with Gasteiger partial charge in [-0.1, -0.05) is 0 Å². The number of hydrogen-bond acceptors (Lipinski definition) is 3. The minimum absolute atomic E-state index is 0.0642. The molecule has 0 heterocycles. The summed E-state index contributed by atoms with van der Waals surface area (Å²) in [6, 6.07) is 0. The highest BCUT2D eigenvalue weighted by molar-refractivity contribution is 7.89. The van der Waals surface area contributed by atoms with Crippen LogP contribution in [-0.2, 0) is 10.0 Å². The molecule has 0 unspecified atom stereocenters. The Morgan fingerprint density at radius 2 is 1.53 bits per heavy atom. The van der Waals surface area contributed by atoms with Gasteiger partial charge in [0, 0.05) is 12.1 Å². The van der Waals surface area contributed by atoms with Gasteiger partial charge in [0.25, 0.3) is 0 Å². The summed E-state index contributed by atoms with van der Waals surface area (Å²) in [6.07, 6.45) is 7.17. The fourth-order valence-corrected chi connectivity index (χ4v) is 6.09. The second-order valence-corrected chi connectivity index (χ2v) is 8.25. The van der Waals surface area contributed by atoms with E-state index in [0.717, 1.165) is 37.0 Å². The lowest BCUT2D eigenvalue weighted by molar-refractivity contribution is -0.00808. The molecule has 0 spiro atoms. The molecule has 17 heavy (non-hydrogen) atoms. The molecule has 4 aliphatic rings. The maximum atomic E-state index is 11.9. The molecule has 4 saturated carbocycles. The molecular formula is C12H22N2O2S. The SMILES string of the molecule is NCCS(=O)(=O)NC12CC3CC(CC(C3)C1)C2. The van der Waals surface area contributed by atoms with Crippen molar-refractivity contribution in [3.8, 4) is 0 Å². The zero-order valence-electron chi connectivity index (χ0n) is 10.2. The quantitative estimate of drug-likeness (QED) is 0.784. The van der Waals surface area contributed by atoms with Crippen LogP contribution in [0, 0.1) is 17.8 Å². The van der Waals surface area contributed by atoms with Crippen LogP contribution in [0.2, 0.25) is 0 Å². The summed E-state index contributed by atoms with van der Waals surface area (Å²) in [5.74, 6) is 2.36. The van der Waals surface area contributed by atoms with E-state index in [4.69, 9.17) is 5.73 Å². The average Bonchev–Trinajstić information content (AvgIpc) is 2.11. The Hall–Kier alpha value is -0.130. The van der Waals surface area contributed by atoms with E-state index in [9.17, 15) is 8.42 Å². The third kappa shape index (κ3) is 2.25. The second-order valence-electron chi connectivity index (χ2n) is 6.41. The molecule has 4 bridgehead atoms. The van der Waals surface area contributed by atoms with Gasteiger partial charge < -0.3 is 5.73 Å². The van der Waals surface area contributed by atoms with Gasteiger partial charge in [-0.3, -0.25) is 0 Å². The number of nitrogens with two attached hydrogens (primary N) is 1. The van der Waals surface area contributed by atoms with Crippen LogP contribution in [0.1, 0.15) is 38.5 Å². The average molecular weight is 258 g/mol. The molecule has 4 aliphatic carbocycles. The Balaban J connectivity index is 1.78. The van der Waals surface area contributed by atoms with E-state index >= 15 is 0 Å². The van der Waals surface area contributed by atoms with E-state index in [2.05, 4.69) is 4.72 Å². The van der Waals surface area contributed by atoms with Crippen molar-refractivity contribution in [3.63, 3.8) is 0 Å². The fourth-order valence-electron chi connectivity index (χ4n) is 4.77. The van der Waals surface area contributed by atoms with E-state index in [0.29, 0.717) is 0 Å². The number of nitrogens with one attached hydrogen (secondary N) is 1. The van der Waals surface area contributed by atoms with Gasteiger partial charge >= 0.3 is 0 Å². The molecule has 4 nitrogen and oxygen atoms in total. The number of sulfonamides is 1. The van der Waals surface area contributed by atoms with Gasteiger partial charge in [0.2, 0.25) is 10.0 Å². The zero-order chi connectivity index (χ0) is 12.1. The molecule has 0 saturated heterocycles. The normalized spacial score (nSPS) is 44.2. The Labute approximate surface area is 103 Å². The highest BCUT2D eigenvalue weighted by Gasteiger charge is 2.52. The molecular weight excluding hydrogens is 236 g/mol. The van der Waals surface area contributed by atoms with Crippen molar-refractivity contribution in [2.45, 2.75) is 44.1 Å². The molecule has 98 valence electrons. The molecule has 0 aromatic carbocycles. The van der Waals surface area contributed by atoms with Gasteiger partial charge in [-0.25, -0.2) is 13.1 Å². The van der Waals surface area contributed by atoms with E-state index in [-0.39, 0.29) is 17.8 Å². The molecule has 0 aliphatic heterocycles. The molecule has 0 atom stereocenters. The van der Waals surface area contributed by atoms with Crippen LogP contribution in [0.5, 0.6) is 0 Å². The van der Waals surface area contributed by atoms with Crippen LogP contribution in [0.3, 0.4) is 0 Å². The highest BCUT2D eigenvalue weighted by Crippen LogP contribution is 2.55. The first-order valence-electron chi connectivity index (χ1n) is 6.72. The monoisotopic (exact) mass is 258 g/mol. The molecule has 0 radical (unpaired) electrons. The standard InChI is InChI=1S/C12H22N2O2S/c13-1-2-17(15,16)14-12-6-9-3-10(7-12)5-11(4-9)8-12/h9-11,14H,1-8,13H2. The first kappa shape index (κ1) is 11.9. The number of hydrogen-bond donors (Lipinski definition) is 2. The van der Waals surface area contributed by atoms with Gasteiger partial charge in [-0.2, -0.15) is 0 Å². The van der Waals surface area contributed by atoms with Crippen LogP contribution in [0.4, 0.5) is 0 Å². The van der Waals surface area contributed by atoms with Gasteiger partial charge in [0.05, 0.1) is 5.75 Å². The lowest BCUT2D eigenvalue weighted by Gasteiger charge is -2.56. The molecule has 0 aromatic heterocycles. The summed E-state index contributed by atoms with van der Waals surface area (Å²) in [7, 11) is -3.17. The lowest BCUT2D eigenvalue weighted by atomic mass is 9.53. The molecule has 0 amide bonds. The first-order valence-corrected chi connectivity index (χ1v) is 8.37. The predicted octanol–water partition coefficient (Wildman–Crippen LogP) is 0.833. The van der Waals surface area contributed by atoms with E-state index in [1.165, 1.54) is 19.3 Å². The van der Waals surface area contributed by atoms with Crippen molar-refractivity contribution in [1.29, 1.82) is 0 Å². The minimum Gasteiger partial charge on any atom is -0.329 e. The van der Waals surface area contributed by atoms with Crippen molar-refractivity contribution in [2.24, 2.45) is 23.5 Å². The predicted molar refractivity (Wildman–Crippen MR) is 66.9 cm³/mol. The molecule has 3 N–H and O–H groups in total. The molecule has 5 heteroatoms. The van der Waals surface area contributed by atoms with Crippen LogP contribution in [0.25, 0.3) is 0 Å². The van der Waals surface area contributed by atoms with Crippen LogP contribution < -0.4 is 10.5 Å². The Morgan fingerprint density at radius 1 is 1.06 bits per heavy atom. The van der Waals surface area contributed by atoms with Crippen molar-refractivity contribution >= 4 is 10.0 Å². The maximum Gasteiger partial charge on any atom is 0.213 e. The smallest absolute Gasteiger partial charge is 0.213 e. The van der Waals surface area contributed by atoms with Gasteiger partial charge in [0.15, 0.2) is 0 Å². The Kier molecular flexibility index (Phi) is 2.76. The minimum atomic E-state index is -3.17. The third-order valence-corrected chi connectivity index (χ3v) is 6.31. The van der Waals surface area contributed by atoms with Crippen LogP contribution in [-0.4, -0.2) is 26.3 Å². The van der Waals surface area contributed by atoms with E-state index < -0.39 is 10.0 Å². The topological polar surface area (TPSA) is 72.2 Å². The lowest BCUT2D eigenvalue weighted by Crippen LogP contribution is -2.60. The Bertz CT molecular complexity index is 369. The van der Waals surface area contributed by atoms with Crippen LogP contribution >= 0.6 is 0 Å². The van der Waals surface area contributed by atoms with Gasteiger partial charge in [-0.15, -0.1) is 0 Å². The van der Waals surface area contributed by atoms with Crippen molar-refractivity contribution in [2.75, 3.05) is 12.3 Å². The van der Waals surface area contributed by atoms with Gasteiger partial charge in [-0.05, 0) is 56.3 Å². The Morgan fingerprint density at radius 3 is 1.94 bits per heavy atom.